The monoisotopic (exact) mass is 113 g/mol. The predicted octanol–water partition coefficient (Wildman–Crippen LogP) is -0.247. The largest absolute Gasteiger partial charge is 0.391 e. The minimum absolute atomic E-state index is 0.201. The molecule has 1 saturated heterocycles. The molecular formula is C6H11NO. The standard InChI is InChI=1S/C6H11NO/c1-2-5-3-7-4-6(5)8/h2,5-8H,1,3-4H2/t5-,6+/m0/s1. The Hall–Kier alpha value is -0.340. The van der Waals surface area contributed by atoms with Gasteiger partial charge in [-0.25, -0.2) is 0 Å². The van der Waals surface area contributed by atoms with E-state index in [1.54, 1.807) is 6.08 Å². The lowest BCUT2D eigenvalue weighted by molar-refractivity contribution is 0.168. The van der Waals surface area contributed by atoms with E-state index < -0.39 is 0 Å². The molecule has 1 rings (SSSR count). The van der Waals surface area contributed by atoms with Gasteiger partial charge in [-0.05, 0) is 0 Å². The zero-order valence-electron chi connectivity index (χ0n) is 4.80. The third kappa shape index (κ3) is 0.904. The van der Waals surface area contributed by atoms with Gasteiger partial charge in [0.15, 0.2) is 0 Å². The van der Waals surface area contributed by atoms with Gasteiger partial charge in [0.2, 0.25) is 0 Å². The molecule has 1 aliphatic heterocycles. The quantitative estimate of drug-likeness (QED) is 0.460. The number of aliphatic hydroxyl groups is 1. The highest BCUT2D eigenvalue weighted by atomic mass is 16.3. The Morgan fingerprint density at radius 3 is 2.62 bits per heavy atom. The number of aliphatic hydroxyl groups excluding tert-OH is 1. The summed E-state index contributed by atoms with van der Waals surface area (Å²) in [5.41, 5.74) is 0. The van der Waals surface area contributed by atoms with Crippen molar-refractivity contribution in [1.29, 1.82) is 0 Å². The average Bonchev–Trinajstić information content (AvgIpc) is 2.14. The van der Waals surface area contributed by atoms with E-state index in [4.69, 9.17) is 5.11 Å². The molecule has 1 aliphatic rings. The van der Waals surface area contributed by atoms with Crippen molar-refractivity contribution in [1.82, 2.24) is 5.32 Å². The normalized spacial score (nSPS) is 37.6. The minimum atomic E-state index is -0.201. The molecule has 0 aliphatic carbocycles. The molecule has 0 bridgehead atoms. The van der Waals surface area contributed by atoms with Crippen molar-refractivity contribution in [3.8, 4) is 0 Å². The van der Waals surface area contributed by atoms with E-state index >= 15 is 0 Å². The topological polar surface area (TPSA) is 32.3 Å². The third-order valence-corrected chi connectivity index (χ3v) is 1.53. The summed E-state index contributed by atoms with van der Waals surface area (Å²) in [6.45, 7) is 5.19. The Bertz CT molecular complexity index is 92.5. The lowest BCUT2D eigenvalue weighted by Crippen LogP contribution is -2.15. The number of hydrogen-bond donors (Lipinski definition) is 2. The van der Waals surface area contributed by atoms with Crippen LogP contribution in [0.2, 0.25) is 0 Å². The fraction of sp³-hybridized carbons (Fsp3) is 0.667. The van der Waals surface area contributed by atoms with Crippen LogP contribution in [0.4, 0.5) is 0 Å². The molecule has 0 radical (unpaired) electrons. The fourth-order valence-electron chi connectivity index (χ4n) is 0.926. The maximum atomic E-state index is 9.06. The molecule has 0 unspecified atom stereocenters. The average molecular weight is 113 g/mol. The van der Waals surface area contributed by atoms with Gasteiger partial charge in [0.05, 0.1) is 6.10 Å². The van der Waals surface area contributed by atoms with Crippen LogP contribution < -0.4 is 5.32 Å². The van der Waals surface area contributed by atoms with Crippen molar-refractivity contribution >= 4 is 0 Å². The van der Waals surface area contributed by atoms with Crippen LogP contribution in [0, 0.1) is 5.92 Å². The molecule has 0 aromatic carbocycles. The summed E-state index contributed by atoms with van der Waals surface area (Å²) in [5, 5.41) is 12.1. The van der Waals surface area contributed by atoms with E-state index in [2.05, 4.69) is 11.9 Å². The van der Waals surface area contributed by atoms with E-state index in [1.165, 1.54) is 0 Å². The van der Waals surface area contributed by atoms with Crippen LogP contribution in [0.5, 0.6) is 0 Å². The van der Waals surface area contributed by atoms with Gasteiger partial charge in [-0.3, -0.25) is 0 Å². The molecule has 2 heteroatoms. The van der Waals surface area contributed by atoms with Crippen molar-refractivity contribution in [2.75, 3.05) is 13.1 Å². The molecule has 0 amide bonds. The molecule has 2 N–H and O–H groups in total. The van der Waals surface area contributed by atoms with Crippen molar-refractivity contribution < 1.29 is 5.11 Å². The van der Waals surface area contributed by atoms with E-state index in [-0.39, 0.29) is 12.0 Å². The van der Waals surface area contributed by atoms with Crippen LogP contribution in [0.1, 0.15) is 0 Å². The molecule has 1 fully saturated rings. The van der Waals surface area contributed by atoms with Crippen LogP contribution in [0.25, 0.3) is 0 Å². The third-order valence-electron chi connectivity index (χ3n) is 1.53. The molecule has 8 heavy (non-hydrogen) atoms. The highest BCUT2D eigenvalue weighted by molar-refractivity contribution is 4.91. The molecule has 0 saturated carbocycles. The van der Waals surface area contributed by atoms with Crippen LogP contribution in [-0.2, 0) is 0 Å². The van der Waals surface area contributed by atoms with Crippen LogP contribution in [0.3, 0.4) is 0 Å². The minimum Gasteiger partial charge on any atom is -0.391 e. The fourth-order valence-corrected chi connectivity index (χ4v) is 0.926. The second-order valence-electron chi connectivity index (χ2n) is 2.13. The van der Waals surface area contributed by atoms with Gasteiger partial charge in [0.25, 0.3) is 0 Å². The van der Waals surface area contributed by atoms with Crippen molar-refractivity contribution in [2.45, 2.75) is 6.10 Å². The summed E-state index contributed by atoms with van der Waals surface area (Å²) in [4.78, 5) is 0. The molecule has 0 aromatic rings. The van der Waals surface area contributed by atoms with Gasteiger partial charge in [0, 0.05) is 19.0 Å². The number of nitrogens with one attached hydrogen (secondary N) is 1. The molecule has 46 valence electrons. The first-order chi connectivity index (χ1) is 3.84. The summed E-state index contributed by atoms with van der Waals surface area (Å²) >= 11 is 0. The van der Waals surface area contributed by atoms with Gasteiger partial charge in [0.1, 0.15) is 0 Å². The zero-order valence-corrected chi connectivity index (χ0v) is 4.80. The first-order valence-electron chi connectivity index (χ1n) is 2.86. The molecule has 1 heterocycles. The molecule has 0 spiro atoms. The Morgan fingerprint density at radius 2 is 2.38 bits per heavy atom. The maximum Gasteiger partial charge on any atom is 0.0739 e. The second-order valence-corrected chi connectivity index (χ2v) is 2.13. The highest BCUT2D eigenvalue weighted by Crippen LogP contribution is 2.07. The van der Waals surface area contributed by atoms with Gasteiger partial charge in [-0.2, -0.15) is 0 Å². The molecule has 2 nitrogen and oxygen atoms in total. The van der Waals surface area contributed by atoms with E-state index in [1.807, 2.05) is 0 Å². The lowest BCUT2D eigenvalue weighted by atomic mass is 10.1. The molecular weight excluding hydrogens is 102 g/mol. The molecule has 0 aromatic heterocycles. The lowest BCUT2D eigenvalue weighted by Gasteiger charge is -2.04. The van der Waals surface area contributed by atoms with Crippen LogP contribution in [-0.4, -0.2) is 24.3 Å². The molecule has 2 atom stereocenters. The van der Waals surface area contributed by atoms with Gasteiger partial charge in [-0.1, -0.05) is 6.08 Å². The first kappa shape index (κ1) is 5.79. The Morgan fingerprint density at radius 1 is 1.62 bits per heavy atom. The number of hydrogen-bond acceptors (Lipinski definition) is 2. The van der Waals surface area contributed by atoms with Crippen molar-refractivity contribution in [2.24, 2.45) is 5.92 Å². The van der Waals surface area contributed by atoms with Crippen LogP contribution in [0.15, 0.2) is 12.7 Å². The Kier molecular flexibility index (Phi) is 1.65. The van der Waals surface area contributed by atoms with Gasteiger partial charge in [-0.15, -0.1) is 6.58 Å². The van der Waals surface area contributed by atoms with Crippen molar-refractivity contribution in [3.05, 3.63) is 12.7 Å². The van der Waals surface area contributed by atoms with Crippen LogP contribution >= 0.6 is 0 Å². The SMILES string of the molecule is C=C[C@H]1CNC[C@H]1O. The number of β-amino-alcohol motifs (C(OH)–C–C–N with tert-alkyl or cyclic N) is 1. The Balaban J connectivity index is 2.41. The smallest absolute Gasteiger partial charge is 0.0739 e. The van der Waals surface area contributed by atoms with Gasteiger partial charge >= 0.3 is 0 Å². The summed E-state index contributed by atoms with van der Waals surface area (Å²) in [6.07, 6.45) is 1.59. The van der Waals surface area contributed by atoms with Gasteiger partial charge < -0.3 is 10.4 Å². The maximum absolute atomic E-state index is 9.06. The first-order valence-corrected chi connectivity index (χ1v) is 2.86. The van der Waals surface area contributed by atoms with E-state index in [9.17, 15) is 0 Å². The predicted molar refractivity (Wildman–Crippen MR) is 32.6 cm³/mol. The summed E-state index contributed by atoms with van der Waals surface area (Å²) < 4.78 is 0. The summed E-state index contributed by atoms with van der Waals surface area (Å²) in [7, 11) is 0. The summed E-state index contributed by atoms with van der Waals surface area (Å²) in [6, 6.07) is 0. The zero-order chi connectivity index (χ0) is 5.98. The summed E-state index contributed by atoms with van der Waals surface area (Å²) in [5.74, 6) is 0.273. The number of rotatable bonds is 1. The highest BCUT2D eigenvalue weighted by Gasteiger charge is 2.20. The second kappa shape index (κ2) is 2.29. The Labute approximate surface area is 49.2 Å². The van der Waals surface area contributed by atoms with E-state index in [0.29, 0.717) is 0 Å². The van der Waals surface area contributed by atoms with Crippen molar-refractivity contribution in [3.63, 3.8) is 0 Å². The van der Waals surface area contributed by atoms with E-state index in [0.717, 1.165) is 13.1 Å².